The number of para-hydroxylation sites is 1. The first-order chi connectivity index (χ1) is 10.0. The van der Waals surface area contributed by atoms with Crippen molar-refractivity contribution in [2.24, 2.45) is 11.8 Å². The van der Waals surface area contributed by atoms with Gasteiger partial charge in [0.2, 0.25) is 11.8 Å². The molecule has 1 aromatic rings. The number of hydrogen-bond donors (Lipinski definition) is 2. The molecule has 2 unspecified atom stereocenters. The second kappa shape index (κ2) is 6.62. The third kappa shape index (κ3) is 3.75. The van der Waals surface area contributed by atoms with E-state index in [1.165, 1.54) is 13.2 Å². The number of benzene rings is 1. The van der Waals surface area contributed by atoms with E-state index in [4.69, 9.17) is 4.74 Å². The molecule has 2 N–H and O–H groups in total. The van der Waals surface area contributed by atoms with Crippen LogP contribution in [-0.4, -0.2) is 32.1 Å². The number of amides is 2. The van der Waals surface area contributed by atoms with E-state index in [0.29, 0.717) is 19.6 Å². The number of carbonyl (C=O) groups is 2. The van der Waals surface area contributed by atoms with Crippen molar-refractivity contribution in [3.05, 3.63) is 29.8 Å². The lowest BCUT2D eigenvalue weighted by molar-refractivity contribution is -0.125. The molecule has 0 saturated heterocycles. The third-order valence-electron chi connectivity index (χ3n) is 3.28. The first-order valence-corrected chi connectivity index (χ1v) is 6.56. The fraction of sp³-hybridized carbons (Fsp3) is 0.429. The Morgan fingerprint density at radius 3 is 2.48 bits per heavy atom. The topological polar surface area (TPSA) is 67.4 Å². The number of ether oxygens (including phenoxy) is 1. The molecule has 114 valence electrons. The van der Waals surface area contributed by atoms with Crippen LogP contribution in [0.4, 0.5) is 14.5 Å². The molecule has 1 aliphatic rings. The van der Waals surface area contributed by atoms with Gasteiger partial charge in [-0.05, 0) is 18.6 Å². The van der Waals surface area contributed by atoms with Gasteiger partial charge in [-0.2, -0.15) is 0 Å². The standard InChI is InChI=1S/C14H16F2N2O3/c1-21-6-5-17-13(19)8-7-9(8)14(20)18-12-10(15)3-2-4-11(12)16/h2-4,8-9H,5-7H2,1H3,(H,17,19)(H,18,20). The van der Waals surface area contributed by atoms with Gasteiger partial charge in [-0.1, -0.05) is 6.07 Å². The molecule has 0 spiro atoms. The average molecular weight is 298 g/mol. The zero-order valence-corrected chi connectivity index (χ0v) is 11.5. The van der Waals surface area contributed by atoms with E-state index in [-0.39, 0.29) is 5.91 Å². The highest BCUT2D eigenvalue weighted by molar-refractivity contribution is 5.99. The number of hydrogen-bond acceptors (Lipinski definition) is 3. The summed E-state index contributed by atoms with van der Waals surface area (Å²) in [5, 5.41) is 4.82. The molecule has 2 atom stereocenters. The van der Waals surface area contributed by atoms with Crippen molar-refractivity contribution < 1.29 is 23.1 Å². The molecule has 0 radical (unpaired) electrons. The monoisotopic (exact) mass is 298 g/mol. The van der Waals surface area contributed by atoms with Gasteiger partial charge in [-0.25, -0.2) is 8.78 Å². The molecule has 0 aliphatic heterocycles. The lowest BCUT2D eigenvalue weighted by atomic mass is 10.2. The van der Waals surface area contributed by atoms with Gasteiger partial charge in [0.25, 0.3) is 0 Å². The quantitative estimate of drug-likeness (QED) is 0.778. The summed E-state index contributed by atoms with van der Waals surface area (Å²) in [4.78, 5) is 23.6. The average Bonchev–Trinajstić information content (AvgIpc) is 3.23. The minimum absolute atomic E-state index is 0.249. The van der Waals surface area contributed by atoms with Crippen LogP contribution in [0, 0.1) is 23.5 Å². The molecular formula is C14H16F2N2O3. The van der Waals surface area contributed by atoms with Crippen molar-refractivity contribution in [1.29, 1.82) is 0 Å². The van der Waals surface area contributed by atoms with Crippen LogP contribution in [-0.2, 0) is 14.3 Å². The summed E-state index contributed by atoms with van der Waals surface area (Å²) in [7, 11) is 1.52. The fourth-order valence-corrected chi connectivity index (χ4v) is 2.02. The lowest BCUT2D eigenvalue weighted by Crippen LogP contribution is -2.30. The van der Waals surface area contributed by atoms with E-state index >= 15 is 0 Å². The minimum atomic E-state index is -0.843. The van der Waals surface area contributed by atoms with Crippen LogP contribution in [0.2, 0.25) is 0 Å². The van der Waals surface area contributed by atoms with Gasteiger partial charge >= 0.3 is 0 Å². The van der Waals surface area contributed by atoms with Gasteiger partial charge in [0.15, 0.2) is 0 Å². The van der Waals surface area contributed by atoms with Gasteiger partial charge in [0, 0.05) is 13.7 Å². The second-order valence-electron chi connectivity index (χ2n) is 4.82. The first kappa shape index (κ1) is 15.4. The highest BCUT2D eigenvalue weighted by atomic mass is 19.1. The Labute approximate surface area is 120 Å². The van der Waals surface area contributed by atoms with Crippen molar-refractivity contribution in [3.63, 3.8) is 0 Å². The predicted octanol–water partition coefficient (Wildman–Crippen LogP) is 1.30. The lowest BCUT2D eigenvalue weighted by Gasteiger charge is -2.07. The van der Waals surface area contributed by atoms with Crippen molar-refractivity contribution in [1.82, 2.24) is 5.32 Å². The molecule has 21 heavy (non-hydrogen) atoms. The summed E-state index contributed by atoms with van der Waals surface area (Å²) in [5.41, 5.74) is -0.479. The Morgan fingerprint density at radius 2 is 1.86 bits per heavy atom. The number of nitrogens with one attached hydrogen (secondary N) is 2. The Bertz CT molecular complexity index is 531. The number of halogens is 2. The van der Waals surface area contributed by atoms with E-state index in [0.717, 1.165) is 12.1 Å². The molecule has 7 heteroatoms. The van der Waals surface area contributed by atoms with Crippen molar-refractivity contribution >= 4 is 17.5 Å². The summed E-state index contributed by atoms with van der Waals surface area (Å²) in [5.74, 6) is -3.48. The highest BCUT2D eigenvalue weighted by Gasteiger charge is 2.48. The second-order valence-corrected chi connectivity index (χ2v) is 4.82. The number of anilines is 1. The van der Waals surface area contributed by atoms with Gasteiger partial charge < -0.3 is 15.4 Å². The molecule has 2 rings (SSSR count). The van der Waals surface area contributed by atoms with Crippen LogP contribution >= 0.6 is 0 Å². The zero-order chi connectivity index (χ0) is 15.4. The summed E-state index contributed by atoms with van der Waals surface area (Å²) in [6.45, 7) is 0.748. The maximum absolute atomic E-state index is 13.4. The molecular weight excluding hydrogens is 282 g/mol. The molecule has 1 aliphatic carbocycles. The third-order valence-corrected chi connectivity index (χ3v) is 3.28. The van der Waals surface area contributed by atoms with Crippen LogP contribution < -0.4 is 10.6 Å². The number of methoxy groups -OCH3 is 1. The molecule has 1 aromatic carbocycles. The number of rotatable bonds is 6. The van der Waals surface area contributed by atoms with Gasteiger partial charge in [0.1, 0.15) is 17.3 Å². The minimum Gasteiger partial charge on any atom is -0.383 e. The Morgan fingerprint density at radius 1 is 1.24 bits per heavy atom. The fourth-order valence-electron chi connectivity index (χ4n) is 2.02. The largest absolute Gasteiger partial charge is 0.383 e. The van der Waals surface area contributed by atoms with Crippen LogP contribution in [0.25, 0.3) is 0 Å². The van der Waals surface area contributed by atoms with Crippen molar-refractivity contribution in [2.45, 2.75) is 6.42 Å². The maximum atomic E-state index is 13.4. The smallest absolute Gasteiger partial charge is 0.228 e. The van der Waals surface area contributed by atoms with Crippen LogP contribution in [0.1, 0.15) is 6.42 Å². The van der Waals surface area contributed by atoms with Crippen molar-refractivity contribution in [3.8, 4) is 0 Å². The van der Waals surface area contributed by atoms with E-state index < -0.39 is 35.1 Å². The molecule has 5 nitrogen and oxygen atoms in total. The summed E-state index contributed by atoms with van der Waals surface area (Å²) >= 11 is 0. The SMILES string of the molecule is COCCNC(=O)C1CC1C(=O)Nc1c(F)cccc1F. The molecule has 1 saturated carbocycles. The summed E-state index contributed by atoms with van der Waals surface area (Å²) in [6, 6.07) is 3.32. The summed E-state index contributed by atoms with van der Waals surface area (Å²) < 4.78 is 31.6. The normalized spacial score (nSPS) is 20.0. The maximum Gasteiger partial charge on any atom is 0.228 e. The Balaban J connectivity index is 1.87. The first-order valence-electron chi connectivity index (χ1n) is 6.56. The predicted molar refractivity (Wildman–Crippen MR) is 71.5 cm³/mol. The molecule has 0 aromatic heterocycles. The Kier molecular flexibility index (Phi) is 4.85. The van der Waals surface area contributed by atoms with Crippen LogP contribution in [0.15, 0.2) is 18.2 Å². The summed E-state index contributed by atoms with van der Waals surface area (Å²) in [6.07, 6.45) is 0.376. The van der Waals surface area contributed by atoms with Crippen LogP contribution in [0.5, 0.6) is 0 Å². The van der Waals surface area contributed by atoms with E-state index in [1.54, 1.807) is 0 Å². The molecule has 1 fully saturated rings. The van der Waals surface area contributed by atoms with E-state index in [2.05, 4.69) is 10.6 Å². The highest BCUT2D eigenvalue weighted by Crippen LogP contribution is 2.39. The molecule has 0 heterocycles. The molecule has 0 bridgehead atoms. The van der Waals surface area contributed by atoms with Gasteiger partial charge in [-0.15, -0.1) is 0 Å². The zero-order valence-electron chi connectivity index (χ0n) is 11.5. The van der Waals surface area contributed by atoms with E-state index in [9.17, 15) is 18.4 Å². The van der Waals surface area contributed by atoms with Gasteiger partial charge in [-0.3, -0.25) is 9.59 Å². The van der Waals surface area contributed by atoms with Gasteiger partial charge in [0.05, 0.1) is 18.4 Å². The number of carbonyl (C=O) groups excluding carboxylic acids is 2. The van der Waals surface area contributed by atoms with E-state index in [1.807, 2.05) is 0 Å². The Hall–Kier alpha value is -2.02. The van der Waals surface area contributed by atoms with Crippen molar-refractivity contribution in [2.75, 3.05) is 25.6 Å². The molecule has 2 amide bonds. The van der Waals surface area contributed by atoms with Crippen LogP contribution in [0.3, 0.4) is 0 Å².